The molecule has 0 atom stereocenters. The van der Waals surface area contributed by atoms with Crippen LogP contribution >= 0.6 is 33.9 Å². The molecule has 0 spiro atoms. The first-order valence-corrected chi connectivity index (χ1v) is 6.29. The summed E-state index contributed by atoms with van der Waals surface area (Å²) in [5.74, 6) is 0. The van der Waals surface area contributed by atoms with Gasteiger partial charge in [-0.15, -0.1) is 11.3 Å². The van der Waals surface area contributed by atoms with E-state index in [1.54, 1.807) is 0 Å². The minimum atomic E-state index is 0. The second-order valence-corrected chi connectivity index (χ2v) is 5.97. The minimum absolute atomic E-state index is 0. The molecule has 0 radical (unpaired) electrons. The molecule has 0 N–H and O–H groups in total. The first-order chi connectivity index (χ1) is 5.51. The van der Waals surface area contributed by atoms with Gasteiger partial charge in [-0.05, 0) is 12.1 Å². The van der Waals surface area contributed by atoms with Crippen molar-refractivity contribution in [1.29, 1.82) is 0 Å². The van der Waals surface area contributed by atoms with E-state index in [1.807, 2.05) is 11.3 Å². The zero-order chi connectivity index (χ0) is 9.19. The molecule has 1 aromatic heterocycles. The molecule has 0 unspecified atom stereocenters. The summed E-state index contributed by atoms with van der Waals surface area (Å²) in [6, 6.07) is 4.49. The molecule has 0 aliphatic carbocycles. The van der Waals surface area contributed by atoms with Gasteiger partial charge in [0.25, 0.3) is 0 Å². The lowest BCUT2D eigenvalue weighted by atomic mass is 10.4. The first kappa shape index (κ1) is 14.1. The minimum Gasteiger partial charge on any atom is -1.00 e. The Balaban J connectivity index is 0.00000144. The smallest absolute Gasteiger partial charge is 0.113 e. The topological polar surface area (TPSA) is 0 Å². The lowest BCUT2D eigenvalue weighted by molar-refractivity contribution is -0.883. The van der Waals surface area contributed by atoms with Crippen molar-refractivity contribution in [1.82, 2.24) is 0 Å². The highest BCUT2D eigenvalue weighted by Crippen LogP contribution is 2.21. The third-order valence-corrected chi connectivity index (χ3v) is 3.89. The first-order valence-electron chi connectivity index (χ1n) is 3.95. The molecule has 0 amide bonds. The predicted molar refractivity (Wildman–Crippen MR) is 63.8 cm³/mol. The standard InChI is InChI=1S/C9H15INS.HI/c1-11(2,3)7-9-5-4-8(6-10)12-9;/h4-5H,6-7H2,1-3H3;1H/q+1;/p-1. The van der Waals surface area contributed by atoms with Gasteiger partial charge < -0.3 is 28.5 Å². The maximum atomic E-state index is 2.41. The SMILES string of the molecule is C[N+](C)(C)Cc1ccc(CI)s1.[I-]. The second-order valence-electron chi connectivity index (χ2n) is 3.95. The lowest BCUT2D eigenvalue weighted by Gasteiger charge is -2.22. The predicted octanol–water partition coefficient (Wildman–Crippen LogP) is -0.107. The van der Waals surface area contributed by atoms with Crippen molar-refractivity contribution in [3.63, 3.8) is 0 Å². The summed E-state index contributed by atoms with van der Waals surface area (Å²) in [6.45, 7) is 1.14. The molecule has 13 heavy (non-hydrogen) atoms. The highest BCUT2D eigenvalue weighted by molar-refractivity contribution is 14.1. The molecule has 0 aliphatic heterocycles. The van der Waals surface area contributed by atoms with Crippen LogP contribution in [0, 0.1) is 0 Å². The van der Waals surface area contributed by atoms with Crippen LogP contribution in [0.3, 0.4) is 0 Å². The van der Waals surface area contributed by atoms with Gasteiger partial charge in [0.15, 0.2) is 0 Å². The van der Waals surface area contributed by atoms with E-state index in [1.165, 1.54) is 9.75 Å². The Morgan fingerprint density at radius 2 is 1.77 bits per heavy atom. The summed E-state index contributed by atoms with van der Waals surface area (Å²) >= 11 is 4.35. The fourth-order valence-electron chi connectivity index (χ4n) is 1.05. The van der Waals surface area contributed by atoms with Gasteiger partial charge in [-0.2, -0.15) is 0 Å². The molecule has 1 nitrogen and oxygen atoms in total. The fourth-order valence-corrected chi connectivity index (χ4v) is 2.88. The van der Waals surface area contributed by atoms with Crippen LogP contribution in [0.15, 0.2) is 12.1 Å². The number of rotatable bonds is 3. The second kappa shape index (κ2) is 5.87. The summed E-state index contributed by atoms with van der Waals surface area (Å²) in [5.41, 5.74) is 0. The molecule has 0 saturated heterocycles. The van der Waals surface area contributed by atoms with Gasteiger partial charge in [-0.1, -0.05) is 22.6 Å². The van der Waals surface area contributed by atoms with Crippen LogP contribution in [0.2, 0.25) is 0 Å². The molecule has 1 aromatic rings. The summed E-state index contributed by atoms with van der Waals surface area (Å²) in [5, 5.41) is 0. The Morgan fingerprint density at radius 1 is 1.23 bits per heavy atom. The molecule has 0 fully saturated rings. The number of quaternary nitrogens is 1. The van der Waals surface area contributed by atoms with E-state index >= 15 is 0 Å². The number of thiophene rings is 1. The van der Waals surface area contributed by atoms with Crippen molar-refractivity contribution < 1.29 is 28.5 Å². The highest BCUT2D eigenvalue weighted by Gasteiger charge is 2.09. The molecule has 1 rings (SSSR count). The third-order valence-electron chi connectivity index (χ3n) is 1.48. The molecule has 0 aromatic carbocycles. The zero-order valence-electron chi connectivity index (χ0n) is 8.18. The summed E-state index contributed by atoms with van der Waals surface area (Å²) in [4.78, 5) is 2.98. The molecular weight excluding hydrogens is 408 g/mol. The monoisotopic (exact) mass is 423 g/mol. The average molecular weight is 423 g/mol. The van der Waals surface area contributed by atoms with Crippen LogP contribution in [0.25, 0.3) is 0 Å². The van der Waals surface area contributed by atoms with Crippen LogP contribution in [0.1, 0.15) is 9.75 Å². The maximum absolute atomic E-state index is 2.41. The van der Waals surface area contributed by atoms with E-state index in [0.29, 0.717) is 0 Å². The fraction of sp³-hybridized carbons (Fsp3) is 0.556. The van der Waals surface area contributed by atoms with Crippen molar-refractivity contribution in [2.75, 3.05) is 21.1 Å². The highest BCUT2D eigenvalue weighted by atomic mass is 127. The quantitative estimate of drug-likeness (QED) is 0.362. The van der Waals surface area contributed by atoms with Gasteiger partial charge in [0.2, 0.25) is 0 Å². The van der Waals surface area contributed by atoms with E-state index in [0.717, 1.165) is 15.5 Å². The molecule has 0 bridgehead atoms. The average Bonchev–Trinajstić information content (AvgIpc) is 2.32. The summed E-state index contributed by atoms with van der Waals surface area (Å²) in [7, 11) is 6.68. The van der Waals surface area contributed by atoms with Crippen molar-refractivity contribution in [3.05, 3.63) is 21.9 Å². The Hall–Kier alpha value is 1.12. The molecule has 1 heterocycles. The normalized spacial score (nSPS) is 11.1. The van der Waals surface area contributed by atoms with Gasteiger partial charge in [0, 0.05) is 9.30 Å². The molecule has 4 heteroatoms. The Morgan fingerprint density at radius 3 is 2.15 bits per heavy atom. The molecule has 76 valence electrons. The van der Waals surface area contributed by atoms with Crippen LogP contribution in [0.4, 0.5) is 0 Å². The van der Waals surface area contributed by atoms with Gasteiger partial charge in [-0.25, -0.2) is 0 Å². The summed E-state index contributed by atoms with van der Waals surface area (Å²) < 4.78 is 2.15. The van der Waals surface area contributed by atoms with Gasteiger partial charge in [0.05, 0.1) is 26.0 Å². The van der Waals surface area contributed by atoms with Gasteiger partial charge in [-0.3, -0.25) is 0 Å². The van der Waals surface area contributed by atoms with Crippen LogP contribution in [0.5, 0.6) is 0 Å². The molecular formula is C9H15I2NS. The van der Waals surface area contributed by atoms with E-state index in [2.05, 4.69) is 55.9 Å². The van der Waals surface area contributed by atoms with Crippen molar-refractivity contribution in [2.45, 2.75) is 11.0 Å². The van der Waals surface area contributed by atoms with Crippen molar-refractivity contribution in [3.8, 4) is 0 Å². The van der Waals surface area contributed by atoms with Crippen molar-refractivity contribution >= 4 is 33.9 Å². The van der Waals surface area contributed by atoms with Crippen molar-refractivity contribution in [2.24, 2.45) is 0 Å². The van der Waals surface area contributed by atoms with Gasteiger partial charge in [0.1, 0.15) is 6.54 Å². The number of nitrogens with zero attached hydrogens (tertiary/aromatic N) is 1. The van der Waals surface area contributed by atoms with Gasteiger partial charge >= 0.3 is 0 Å². The van der Waals surface area contributed by atoms with Crippen LogP contribution in [-0.2, 0) is 11.0 Å². The number of alkyl halides is 1. The Bertz CT molecular complexity index is 252. The Labute approximate surface area is 115 Å². The molecule has 0 aliphatic rings. The van der Waals surface area contributed by atoms with E-state index in [4.69, 9.17) is 0 Å². The van der Waals surface area contributed by atoms with E-state index < -0.39 is 0 Å². The van der Waals surface area contributed by atoms with Crippen LogP contribution < -0.4 is 24.0 Å². The molecule has 0 saturated carbocycles. The maximum Gasteiger partial charge on any atom is 0.113 e. The third kappa shape index (κ3) is 5.54. The lowest BCUT2D eigenvalue weighted by Crippen LogP contribution is -3.00. The Kier molecular flexibility index (Phi) is 6.38. The number of hydrogen-bond donors (Lipinski definition) is 0. The number of halogens is 2. The largest absolute Gasteiger partial charge is 1.00 e. The van der Waals surface area contributed by atoms with Crippen LogP contribution in [-0.4, -0.2) is 25.6 Å². The van der Waals surface area contributed by atoms with E-state index in [9.17, 15) is 0 Å². The van der Waals surface area contributed by atoms with E-state index in [-0.39, 0.29) is 24.0 Å². The summed E-state index contributed by atoms with van der Waals surface area (Å²) in [6.07, 6.45) is 0. The number of hydrogen-bond acceptors (Lipinski definition) is 1. The zero-order valence-corrected chi connectivity index (χ0v) is 13.3.